The van der Waals surface area contributed by atoms with Crippen molar-refractivity contribution in [3.05, 3.63) is 71.3 Å². The van der Waals surface area contributed by atoms with Gasteiger partial charge in [0.1, 0.15) is 0 Å². The molecule has 0 aromatic heterocycles. The van der Waals surface area contributed by atoms with E-state index < -0.39 is 17.8 Å². The minimum absolute atomic E-state index is 0.351. The number of likely N-dealkylation sites (N-methyl/N-ethyl adjacent to an activating group) is 2. The lowest BCUT2D eigenvalue weighted by molar-refractivity contribution is -0.137. The molecule has 26 heavy (non-hydrogen) atoms. The number of benzene rings is 2. The van der Waals surface area contributed by atoms with Crippen molar-refractivity contribution >= 4 is 0 Å². The quantitative estimate of drug-likeness (QED) is 0.773. The number of rotatable bonds is 8. The average Bonchev–Trinajstić information content (AvgIpc) is 2.54. The van der Waals surface area contributed by atoms with Gasteiger partial charge in [-0.3, -0.25) is 9.80 Å². The van der Waals surface area contributed by atoms with Crippen LogP contribution < -0.4 is 0 Å². The maximum atomic E-state index is 12.8. The van der Waals surface area contributed by atoms with E-state index in [1.54, 1.807) is 13.1 Å². The number of alkyl halides is 3. The largest absolute Gasteiger partial charge is 0.416 e. The van der Waals surface area contributed by atoms with Crippen molar-refractivity contribution in [2.45, 2.75) is 25.4 Å². The van der Waals surface area contributed by atoms with Crippen LogP contribution in [0.1, 0.15) is 16.7 Å². The van der Waals surface area contributed by atoms with E-state index in [0.29, 0.717) is 25.2 Å². The molecule has 0 heterocycles. The summed E-state index contributed by atoms with van der Waals surface area (Å²) < 4.78 is 38.3. The highest BCUT2D eigenvalue weighted by Gasteiger charge is 2.30. The summed E-state index contributed by atoms with van der Waals surface area (Å²) in [7, 11) is 3.73. The molecule has 2 aromatic rings. The van der Waals surface area contributed by atoms with Crippen LogP contribution in [0.4, 0.5) is 13.2 Å². The molecule has 3 nitrogen and oxygen atoms in total. The number of hydrogen-bond donors (Lipinski definition) is 1. The summed E-state index contributed by atoms with van der Waals surface area (Å²) in [6.45, 7) is 1.95. The van der Waals surface area contributed by atoms with Gasteiger partial charge in [0.15, 0.2) is 0 Å². The molecule has 1 N–H and O–H groups in total. The highest BCUT2D eigenvalue weighted by atomic mass is 19.4. The van der Waals surface area contributed by atoms with E-state index in [9.17, 15) is 18.3 Å². The van der Waals surface area contributed by atoms with Gasteiger partial charge in [-0.1, -0.05) is 48.5 Å². The Morgan fingerprint density at radius 2 is 1.38 bits per heavy atom. The molecule has 1 atom stereocenters. The third-order valence-corrected chi connectivity index (χ3v) is 4.05. The Morgan fingerprint density at radius 3 is 1.96 bits per heavy atom. The predicted octanol–water partition coefficient (Wildman–Crippen LogP) is 3.63. The fourth-order valence-corrected chi connectivity index (χ4v) is 2.96. The lowest BCUT2D eigenvalue weighted by atomic mass is 10.1. The normalized spacial score (nSPS) is 13.4. The van der Waals surface area contributed by atoms with E-state index in [1.807, 2.05) is 47.2 Å². The Bertz CT molecular complexity index is 676. The van der Waals surface area contributed by atoms with Gasteiger partial charge in [0.05, 0.1) is 11.7 Å². The minimum atomic E-state index is -4.34. The zero-order valence-corrected chi connectivity index (χ0v) is 15.1. The van der Waals surface area contributed by atoms with Crippen LogP contribution in [-0.4, -0.2) is 48.2 Å². The second kappa shape index (κ2) is 9.16. The lowest BCUT2D eigenvalue weighted by Gasteiger charge is -2.25. The first-order valence-corrected chi connectivity index (χ1v) is 8.49. The molecule has 0 aliphatic carbocycles. The van der Waals surface area contributed by atoms with Crippen LogP contribution in [0, 0.1) is 0 Å². The highest BCUT2D eigenvalue weighted by molar-refractivity contribution is 5.25. The van der Waals surface area contributed by atoms with Crippen LogP contribution >= 0.6 is 0 Å². The minimum Gasteiger partial charge on any atom is -0.390 e. The number of hydrogen-bond acceptors (Lipinski definition) is 3. The molecule has 6 heteroatoms. The molecule has 0 saturated carbocycles. The molecule has 0 radical (unpaired) electrons. The van der Waals surface area contributed by atoms with E-state index in [4.69, 9.17) is 0 Å². The molecular formula is C20H25F3N2O. The topological polar surface area (TPSA) is 26.7 Å². The van der Waals surface area contributed by atoms with E-state index in [2.05, 4.69) is 0 Å². The molecule has 0 saturated heterocycles. The molecule has 0 aliphatic heterocycles. The Morgan fingerprint density at radius 1 is 0.846 bits per heavy atom. The first kappa shape index (κ1) is 20.4. The monoisotopic (exact) mass is 366 g/mol. The molecule has 0 aliphatic rings. The van der Waals surface area contributed by atoms with E-state index in [-0.39, 0.29) is 0 Å². The summed E-state index contributed by atoms with van der Waals surface area (Å²) in [5, 5.41) is 10.3. The van der Waals surface area contributed by atoms with Gasteiger partial charge < -0.3 is 5.11 Å². The fourth-order valence-electron chi connectivity index (χ4n) is 2.96. The second-order valence-corrected chi connectivity index (χ2v) is 6.73. The molecule has 0 amide bonds. The van der Waals surface area contributed by atoms with Crippen LogP contribution in [0.15, 0.2) is 54.6 Å². The van der Waals surface area contributed by atoms with Gasteiger partial charge in [0, 0.05) is 26.2 Å². The summed E-state index contributed by atoms with van der Waals surface area (Å²) in [4.78, 5) is 3.86. The van der Waals surface area contributed by atoms with Crippen molar-refractivity contribution in [3.8, 4) is 0 Å². The van der Waals surface area contributed by atoms with Crippen LogP contribution in [0.3, 0.4) is 0 Å². The third-order valence-electron chi connectivity index (χ3n) is 4.05. The summed E-state index contributed by atoms with van der Waals surface area (Å²) in [6, 6.07) is 15.3. The number of halogens is 3. The van der Waals surface area contributed by atoms with E-state index >= 15 is 0 Å². The Balaban J connectivity index is 1.82. The zero-order valence-electron chi connectivity index (χ0n) is 15.1. The average molecular weight is 366 g/mol. The Labute approximate surface area is 152 Å². The number of aliphatic hydroxyl groups is 1. The zero-order chi connectivity index (χ0) is 19.2. The van der Waals surface area contributed by atoms with Gasteiger partial charge in [-0.2, -0.15) is 13.2 Å². The highest BCUT2D eigenvalue weighted by Crippen LogP contribution is 2.29. The van der Waals surface area contributed by atoms with Crippen molar-refractivity contribution in [1.29, 1.82) is 0 Å². The third kappa shape index (κ3) is 6.78. The van der Waals surface area contributed by atoms with Gasteiger partial charge in [0.25, 0.3) is 0 Å². The molecule has 1 unspecified atom stereocenters. The second-order valence-electron chi connectivity index (χ2n) is 6.73. The smallest absolute Gasteiger partial charge is 0.390 e. The number of nitrogens with zero attached hydrogens (tertiary/aromatic N) is 2. The van der Waals surface area contributed by atoms with Crippen LogP contribution in [0.2, 0.25) is 0 Å². The van der Waals surface area contributed by atoms with Gasteiger partial charge in [-0.05, 0) is 31.3 Å². The van der Waals surface area contributed by atoms with Crippen molar-refractivity contribution in [1.82, 2.24) is 9.80 Å². The molecule has 0 spiro atoms. The van der Waals surface area contributed by atoms with E-state index in [0.717, 1.165) is 18.7 Å². The van der Waals surface area contributed by atoms with E-state index in [1.165, 1.54) is 11.6 Å². The predicted molar refractivity (Wildman–Crippen MR) is 96.6 cm³/mol. The summed E-state index contributed by atoms with van der Waals surface area (Å²) in [6.07, 6.45) is -4.92. The lowest BCUT2D eigenvalue weighted by Crippen LogP contribution is -2.37. The maximum Gasteiger partial charge on any atom is 0.416 e. The first-order chi connectivity index (χ1) is 12.2. The van der Waals surface area contributed by atoms with Gasteiger partial charge in [-0.25, -0.2) is 0 Å². The van der Waals surface area contributed by atoms with Crippen LogP contribution in [0.25, 0.3) is 0 Å². The summed E-state index contributed by atoms with van der Waals surface area (Å²) in [5.74, 6) is 0. The number of aliphatic hydroxyl groups excluding tert-OH is 1. The Kier molecular flexibility index (Phi) is 7.20. The molecule has 142 valence electrons. The Hall–Kier alpha value is -1.89. The fraction of sp³-hybridized carbons (Fsp3) is 0.400. The molecule has 0 fully saturated rings. The molecule has 2 rings (SSSR count). The van der Waals surface area contributed by atoms with Crippen molar-refractivity contribution in [2.24, 2.45) is 0 Å². The van der Waals surface area contributed by atoms with Crippen LogP contribution in [-0.2, 0) is 19.3 Å². The van der Waals surface area contributed by atoms with Gasteiger partial charge in [-0.15, -0.1) is 0 Å². The molecule has 2 aromatic carbocycles. The molecular weight excluding hydrogens is 341 g/mol. The van der Waals surface area contributed by atoms with Gasteiger partial charge >= 0.3 is 6.18 Å². The maximum absolute atomic E-state index is 12.8. The SMILES string of the molecule is CN(Cc1ccccc1)CC(O)CN(C)Cc1cccc(C(F)(F)F)c1. The van der Waals surface area contributed by atoms with Crippen molar-refractivity contribution in [3.63, 3.8) is 0 Å². The van der Waals surface area contributed by atoms with Crippen molar-refractivity contribution in [2.75, 3.05) is 27.2 Å². The van der Waals surface area contributed by atoms with Crippen LogP contribution in [0.5, 0.6) is 0 Å². The van der Waals surface area contributed by atoms with Gasteiger partial charge in [0.2, 0.25) is 0 Å². The van der Waals surface area contributed by atoms with Crippen molar-refractivity contribution < 1.29 is 18.3 Å². The summed E-state index contributed by atoms with van der Waals surface area (Å²) in [5.41, 5.74) is 1.10. The molecule has 0 bridgehead atoms. The summed E-state index contributed by atoms with van der Waals surface area (Å²) >= 11 is 0. The standard InChI is InChI=1S/C20H25F3N2O/c1-24(12-16-7-4-3-5-8-16)14-19(26)15-25(2)13-17-9-6-10-18(11-17)20(21,22)23/h3-11,19,26H,12-15H2,1-2H3. The first-order valence-electron chi connectivity index (χ1n) is 8.49.